The maximum absolute atomic E-state index is 6.10. The number of ether oxygens (including phenoxy) is 1. The fourth-order valence-corrected chi connectivity index (χ4v) is 2.37. The molecule has 2 rings (SSSR count). The van der Waals surface area contributed by atoms with Gasteiger partial charge < -0.3 is 10.1 Å². The lowest BCUT2D eigenvalue weighted by Gasteiger charge is -2.18. The predicted molar refractivity (Wildman–Crippen MR) is 88.9 cm³/mol. The largest absolute Gasteiger partial charge is 0.491 e. The van der Waals surface area contributed by atoms with Crippen molar-refractivity contribution in [2.75, 3.05) is 0 Å². The molecule has 0 saturated heterocycles. The van der Waals surface area contributed by atoms with Crippen LogP contribution in [-0.4, -0.2) is 6.10 Å². The summed E-state index contributed by atoms with van der Waals surface area (Å²) in [5, 5.41) is 4.25. The van der Waals surface area contributed by atoms with Gasteiger partial charge in [0.25, 0.3) is 0 Å². The quantitative estimate of drug-likeness (QED) is 0.813. The van der Waals surface area contributed by atoms with E-state index in [1.54, 1.807) is 0 Å². The van der Waals surface area contributed by atoms with Crippen molar-refractivity contribution in [3.63, 3.8) is 0 Å². The van der Waals surface area contributed by atoms with Crippen LogP contribution in [0.15, 0.2) is 48.5 Å². The lowest BCUT2D eigenvalue weighted by molar-refractivity contribution is 0.239. The average Bonchev–Trinajstić information content (AvgIpc) is 2.47. The number of hydrogen-bond donors (Lipinski definition) is 1. The first kappa shape index (κ1) is 15.9. The maximum Gasteiger partial charge on any atom is 0.124 e. The smallest absolute Gasteiger partial charge is 0.124 e. The van der Waals surface area contributed by atoms with Crippen molar-refractivity contribution in [1.29, 1.82) is 0 Å². The number of benzene rings is 2. The minimum atomic E-state index is 0.150. The van der Waals surface area contributed by atoms with Gasteiger partial charge in [0.2, 0.25) is 0 Å². The summed E-state index contributed by atoms with van der Waals surface area (Å²) in [5.41, 5.74) is 2.35. The Morgan fingerprint density at radius 1 is 1.05 bits per heavy atom. The van der Waals surface area contributed by atoms with E-state index in [9.17, 15) is 0 Å². The Hall–Kier alpha value is -1.51. The summed E-state index contributed by atoms with van der Waals surface area (Å²) in [6.07, 6.45) is 0.150. The van der Waals surface area contributed by atoms with Crippen molar-refractivity contribution in [3.05, 3.63) is 64.7 Å². The van der Waals surface area contributed by atoms with E-state index in [1.807, 2.05) is 38.1 Å². The summed E-state index contributed by atoms with van der Waals surface area (Å²) in [6, 6.07) is 16.4. The minimum Gasteiger partial charge on any atom is -0.491 e. The van der Waals surface area contributed by atoms with Gasteiger partial charge in [0.15, 0.2) is 0 Å². The van der Waals surface area contributed by atoms with Crippen molar-refractivity contribution in [2.45, 2.75) is 39.5 Å². The summed E-state index contributed by atoms with van der Waals surface area (Å²) < 4.78 is 5.84. The van der Waals surface area contributed by atoms with E-state index in [2.05, 4.69) is 36.5 Å². The molecule has 0 amide bonds. The number of hydrogen-bond acceptors (Lipinski definition) is 2. The second kappa shape index (κ2) is 7.48. The first-order chi connectivity index (χ1) is 10.1. The highest BCUT2D eigenvalue weighted by atomic mass is 35.5. The summed E-state index contributed by atoms with van der Waals surface area (Å²) >= 11 is 6.10. The van der Waals surface area contributed by atoms with Gasteiger partial charge in [-0.25, -0.2) is 0 Å². The van der Waals surface area contributed by atoms with Gasteiger partial charge in [-0.15, -0.1) is 0 Å². The predicted octanol–water partition coefficient (Wildman–Crippen LogP) is 4.98. The third kappa shape index (κ3) is 4.76. The van der Waals surface area contributed by atoms with Crippen molar-refractivity contribution in [2.24, 2.45) is 0 Å². The van der Waals surface area contributed by atoms with Gasteiger partial charge >= 0.3 is 0 Å². The Bertz CT molecular complexity index is 569. The van der Waals surface area contributed by atoms with E-state index in [1.165, 1.54) is 5.56 Å². The highest BCUT2D eigenvalue weighted by Crippen LogP contribution is 2.24. The lowest BCUT2D eigenvalue weighted by Crippen LogP contribution is -2.19. The van der Waals surface area contributed by atoms with Gasteiger partial charge in [-0.05, 0) is 44.5 Å². The zero-order valence-electron chi connectivity index (χ0n) is 12.8. The molecule has 0 bridgehead atoms. The molecule has 0 aliphatic carbocycles. The second-order valence-corrected chi connectivity index (χ2v) is 5.87. The summed E-state index contributed by atoms with van der Waals surface area (Å²) in [4.78, 5) is 0. The molecule has 0 aliphatic rings. The second-order valence-electron chi connectivity index (χ2n) is 5.43. The Kier molecular flexibility index (Phi) is 5.66. The third-order valence-corrected chi connectivity index (χ3v) is 3.52. The number of nitrogens with one attached hydrogen (secondary N) is 1. The fourth-order valence-electron chi connectivity index (χ4n) is 2.18. The van der Waals surface area contributed by atoms with Gasteiger partial charge in [-0.3, -0.25) is 0 Å². The molecular weight excluding hydrogens is 282 g/mol. The first-order valence-corrected chi connectivity index (χ1v) is 7.67. The molecule has 1 atom stereocenters. The molecule has 1 N–H and O–H groups in total. The van der Waals surface area contributed by atoms with Gasteiger partial charge in [0.05, 0.1) is 6.10 Å². The van der Waals surface area contributed by atoms with E-state index in [0.29, 0.717) is 0 Å². The number of halogens is 1. The molecule has 2 aromatic carbocycles. The molecule has 0 aromatic heterocycles. The lowest BCUT2D eigenvalue weighted by atomic mass is 10.1. The van der Waals surface area contributed by atoms with Crippen molar-refractivity contribution in [3.8, 4) is 5.75 Å². The first-order valence-electron chi connectivity index (χ1n) is 7.29. The Morgan fingerprint density at radius 2 is 1.76 bits per heavy atom. The fraction of sp³-hybridized carbons (Fsp3) is 0.333. The van der Waals surface area contributed by atoms with Crippen LogP contribution in [0.5, 0.6) is 5.75 Å². The van der Waals surface area contributed by atoms with Gasteiger partial charge in [-0.1, -0.05) is 41.9 Å². The molecule has 0 aliphatic heterocycles. The summed E-state index contributed by atoms with van der Waals surface area (Å²) in [6.45, 7) is 6.93. The molecular formula is C18H22ClNO. The van der Waals surface area contributed by atoms with E-state index >= 15 is 0 Å². The SMILES string of the molecule is CC(C)Oc1ccc(Cl)cc1CN[C@H](C)c1ccccc1. The Balaban J connectivity index is 2.07. The molecule has 3 heteroatoms. The molecule has 0 fully saturated rings. The molecule has 0 heterocycles. The molecule has 21 heavy (non-hydrogen) atoms. The molecule has 2 aromatic rings. The topological polar surface area (TPSA) is 21.3 Å². The van der Waals surface area contributed by atoms with Crippen LogP contribution >= 0.6 is 11.6 Å². The number of rotatable bonds is 6. The van der Waals surface area contributed by atoms with Crippen LogP contribution in [0.1, 0.15) is 37.9 Å². The maximum atomic E-state index is 6.10. The van der Waals surface area contributed by atoms with Crippen LogP contribution < -0.4 is 10.1 Å². The zero-order valence-corrected chi connectivity index (χ0v) is 13.5. The van der Waals surface area contributed by atoms with Crippen LogP contribution in [0.4, 0.5) is 0 Å². The molecule has 0 unspecified atom stereocenters. The average molecular weight is 304 g/mol. The Morgan fingerprint density at radius 3 is 2.43 bits per heavy atom. The Labute approximate surface area is 132 Å². The van der Waals surface area contributed by atoms with Crippen molar-refractivity contribution in [1.82, 2.24) is 5.32 Å². The third-order valence-electron chi connectivity index (χ3n) is 3.28. The zero-order chi connectivity index (χ0) is 15.2. The van der Waals surface area contributed by atoms with Crippen LogP contribution in [0.2, 0.25) is 5.02 Å². The van der Waals surface area contributed by atoms with E-state index in [0.717, 1.165) is 22.9 Å². The van der Waals surface area contributed by atoms with Crippen LogP contribution in [0, 0.1) is 0 Å². The standard InChI is InChI=1S/C18H22ClNO/c1-13(2)21-18-10-9-17(19)11-16(18)12-20-14(3)15-7-5-4-6-8-15/h4-11,13-14,20H,12H2,1-3H3/t14-/m1/s1. The van der Waals surface area contributed by atoms with E-state index in [-0.39, 0.29) is 12.1 Å². The molecule has 0 spiro atoms. The van der Waals surface area contributed by atoms with E-state index in [4.69, 9.17) is 16.3 Å². The van der Waals surface area contributed by atoms with E-state index < -0.39 is 0 Å². The summed E-state index contributed by atoms with van der Waals surface area (Å²) in [7, 11) is 0. The normalized spacial score (nSPS) is 12.4. The van der Waals surface area contributed by atoms with Crippen LogP contribution in [0.25, 0.3) is 0 Å². The van der Waals surface area contributed by atoms with Crippen LogP contribution in [0.3, 0.4) is 0 Å². The van der Waals surface area contributed by atoms with Crippen molar-refractivity contribution >= 4 is 11.6 Å². The monoisotopic (exact) mass is 303 g/mol. The van der Waals surface area contributed by atoms with Gasteiger partial charge in [0, 0.05) is 23.2 Å². The van der Waals surface area contributed by atoms with Gasteiger partial charge in [-0.2, -0.15) is 0 Å². The van der Waals surface area contributed by atoms with Gasteiger partial charge in [0.1, 0.15) is 5.75 Å². The minimum absolute atomic E-state index is 0.150. The molecule has 112 valence electrons. The van der Waals surface area contributed by atoms with Crippen molar-refractivity contribution < 1.29 is 4.74 Å². The molecule has 0 saturated carbocycles. The summed E-state index contributed by atoms with van der Waals surface area (Å²) in [5.74, 6) is 0.891. The molecule has 0 radical (unpaired) electrons. The molecule has 2 nitrogen and oxygen atoms in total. The highest BCUT2D eigenvalue weighted by Gasteiger charge is 2.09. The van der Waals surface area contributed by atoms with Crippen LogP contribution in [-0.2, 0) is 6.54 Å². The highest BCUT2D eigenvalue weighted by molar-refractivity contribution is 6.30.